The smallest absolute Gasteiger partial charge is 0.296 e. The highest BCUT2D eigenvalue weighted by Gasteiger charge is 2.50. The van der Waals surface area contributed by atoms with Crippen molar-refractivity contribution in [3.05, 3.63) is 82.4 Å². The molecule has 1 aliphatic heterocycles. The van der Waals surface area contributed by atoms with E-state index in [1.165, 1.54) is 28.4 Å². The maximum absolute atomic E-state index is 15.0. The summed E-state index contributed by atoms with van der Waals surface area (Å²) in [6.45, 7) is 0. The Balaban J connectivity index is 1.49. The predicted octanol–water partition coefficient (Wildman–Crippen LogP) is 5.77. The number of fused-ring (bicyclic) bond motifs is 3. The maximum atomic E-state index is 15.0. The molecule has 2 bridgehead atoms. The zero-order valence-electron chi connectivity index (χ0n) is 17.2. The number of aliphatic hydroxyl groups is 1. The van der Waals surface area contributed by atoms with E-state index in [9.17, 15) is 14.7 Å². The summed E-state index contributed by atoms with van der Waals surface area (Å²) in [4.78, 5) is 32.8. The molecule has 4 atom stereocenters. The Morgan fingerprint density at radius 1 is 1.18 bits per heavy atom. The number of amides is 1. The molecule has 1 saturated carbocycles. The Labute approximate surface area is 197 Å². The number of aliphatic hydroxyl groups excluding tert-OH is 1. The van der Waals surface area contributed by atoms with Crippen LogP contribution in [-0.2, 0) is 9.59 Å². The Morgan fingerprint density at radius 3 is 2.73 bits per heavy atom. The van der Waals surface area contributed by atoms with Crippen LogP contribution in [0.3, 0.4) is 0 Å². The lowest BCUT2D eigenvalue weighted by Gasteiger charge is -2.26. The van der Waals surface area contributed by atoms with E-state index in [0.717, 1.165) is 11.1 Å². The van der Waals surface area contributed by atoms with Crippen LogP contribution in [0.25, 0.3) is 10.2 Å². The largest absolute Gasteiger partial charge is 0.503 e. The Morgan fingerprint density at radius 2 is 2.00 bits per heavy atom. The second kappa shape index (κ2) is 7.50. The normalized spacial score (nSPS) is 26.2. The molecule has 3 aromatic rings. The van der Waals surface area contributed by atoms with Crippen LogP contribution in [0.4, 0.5) is 9.52 Å². The van der Waals surface area contributed by atoms with Crippen molar-refractivity contribution >= 4 is 50.0 Å². The predicted molar refractivity (Wildman–Crippen MR) is 125 cm³/mol. The average molecular weight is 481 g/mol. The Bertz CT molecular complexity index is 1400. The fourth-order valence-corrected chi connectivity index (χ4v) is 6.58. The van der Waals surface area contributed by atoms with Gasteiger partial charge in [-0.25, -0.2) is 9.37 Å². The third-order valence-corrected chi connectivity index (χ3v) is 8.09. The quantitative estimate of drug-likeness (QED) is 0.481. The van der Waals surface area contributed by atoms with E-state index >= 15 is 4.39 Å². The molecule has 4 unspecified atom stereocenters. The molecule has 8 heteroatoms. The Hall–Kier alpha value is -3.03. The van der Waals surface area contributed by atoms with Gasteiger partial charge in [-0.05, 0) is 48.9 Å². The molecule has 1 aromatic heterocycles. The van der Waals surface area contributed by atoms with E-state index < -0.39 is 23.5 Å². The SMILES string of the molecule is O=C(C1=C(O)C(=O)N(c2nc3ccc(Cl)cc3s2)C1c1ccccc1F)C1CC2C=CC1C2. The number of anilines is 1. The molecule has 0 radical (unpaired) electrons. The van der Waals surface area contributed by atoms with Gasteiger partial charge in [-0.15, -0.1) is 0 Å². The molecular formula is C25H18ClFN2O3S. The lowest BCUT2D eigenvalue weighted by Crippen LogP contribution is -2.32. The molecule has 166 valence electrons. The summed E-state index contributed by atoms with van der Waals surface area (Å²) in [5.74, 6) is -2.14. The molecule has 2 heterocycles. The molecule has 6 rings (SSSR count). The second-order valence-electron chi connectivity index (χ2n) is 8.72. The number of rotatable bonds is 4. The number of carbonyl (C=O) groups excluding carboxylic acids is 2. The van der Waals surface area contributed by atoms with Crippen LogP contribution in [0.2, 0.25) is 5.02 Å². The third kappa shape index (κ3) is 3.14. The van der Waals surface area contributed by atoms with E-state index in [0.29, 0.717) is 22.9 Å². The van der Waals surface area contributed by atoms with Gasteiger partial charge in [0.2, 0.25) is 0 Å². The minimum absolute atomic E-state index is 0.0478. The van der Waals surface area contributed by atoms with Gasteiger partial charge in [0.05, 0.1) is 15.8 Å². The summed E-state index contributed by atoms with van der Waals surface area (Å²) in [6.07, 6.45) is 5.73. The molecule has 1 fully saturated rings. The van der Waals surface area contributed by atoms with E-state index in [1.807, 2.05) is 6.08 Å². The zero-order valence-corrected chi connectivity index (χ0v) is 18.8. The van der Waals surface area contributed by atoms with Gasteiger partial charge in [-0.3, -0.25) is 14.5 Å². The van der Waals surface area contributed by atoms with Gasteiger partial charge < -0.3 is 5.11 Å². The number of carbonyl (C=O) groups is 2. The third-order valence-electron chi connectivity index (χ3n) is 6.83. The van der Waals surface area contributed by atoms with Crippen molar-refractivity contribution in [2.75, 3.05) is 4.90 Å². The summed E-state index contributed by atoms with van der Waals surface area (Å²) in [6, 6.07) is 10.1. The summed E-state index contributed by atoms with van der Waals surface area (Å²) in [5, 5.41) is 11.7. The molecule has 2 aromatic carbocycles. The monoisotopic (exact) mass is 480 g/mol. The Kier molecular flexibility index (Phi) is 4.67. The van der Waals surface area contributed by atoms with E-state index in [-0.39, 0.29) is 33.9 Å². The number of benzene rings is 2. The minimum atomic E-state index is -1.09. The van der Waals surface area contributed by atoms with Gasteiger partial charge in [0, 0.05) is 16.5 Å². The van der Waals surface area contributed by atoms with Crippen LogP contribution in [-0.4, -0.2) is 21.8 Å². The van der Waals surface area contributed by atoms with Gasteiger partial charge >= 0.3 is 0 Å². The van der Waals surface area contributed by atoms with Crippen LogP contribution >= 0.6 is 22.9 Å². The number of halogens is 2. The van der Waals surface area contributed by atoms with Gasteiger partial charge in [-0.1, -0.05) is 53.3 Å². The molecule has 1 N–H and O–H groups in total. The summed E-state index contributed by atoms with van der Waals surface area (Å²) in [5.41, 5.74) is 0.722. The number of aromatic nitrogens is 1. The molecule has 5 nitrogen and oxygen atoms in total. The minimum Gasteiger partial charge on any atom is -0.503 e. The first kappa shape index (κ1) is 20.6. The van der Waals surface area contributed by atoms with Crippen LogP contribution in [0.1, 0.15) is 24.4 Å². The van der Waals surface area contributed by atoms with E-state index in [1.54, 1.807) is 30.3 Å². The first-order valence-corrected chi connectivity index (χ1v) is 11.9. The lowest BCUT2D eigenvalue weighted by atomic mass is 9.83. The summed E-state index contributed by atoms with van der Waals surface area (Å²) < 4.78 is 15.8. The van der Waals surface area contributed by atoms with Crippen LogP contribution < -0.4 is 4.90 Å². The number of ketones is 1. The molecule has 2 aliphatic carbocycles. The summed E-state index contributed by atoms with van der Waals surface area (Å²) in [7, 11) is 0. The van der Waals surface area contributed by atoms with E-state index in [4.69, 9.17) is 11.6 Å². The fraction of sp³-hybridized carbons (Fsp3) is 0.240. The number of hydrogen-bond donors (Lipinski definition) is 1. The first-order chi connectivity index (χ1) is 15.9. The average Bonchev–Trinajstić information content (AvgIpc) is 3.57. The number of allylic oxidation sites excluding steroid dienone is 2. The van der Waals surface area contributed by atoms with Gasteiger partial charge in [0.25, 0.3) is 5.91 Å². The van der Waals surface area contributed by atoms with Crippen molar-refractivity contribution < 1.29 is 19.1 Å². The fourth-order valence-electron chi connectivity index (χ4n) is 5.32. The highest BCUT2D eigenvalue weighted by atomic mass is 35.5. The van der Waals surface area contributed by atoms with Crippen molar-refractivity contribution in [3.8, 4) is 0 Å². The van der Waals surface area contributed by atoms with Crippen molar-refractivity contribution in [1.82, 2.24) is 4.98 Å². The van der Waals surface area contributed by atoms with Crippen LogP contribution in [0, 0.1) is 23.6 Å². The highest BCUT2D eigenvalue weighted by Crippen LogP contribution is 2.49. The molecule has 33 heavy (non-hydrogen) atoms. The number of hydrogen-bond acceptors (Lipinski definition) is 5. The standard InChI is InChI=1S/C25H18ClFN2O3S/c26-14-7-8-18-19(11-14)33-25(28-18)29-21(15-3-1-2-4-17(15)27)20(23(31)24(29)32)22(30)16-10-12-5-6-13(16)9-12/h1-8,11-13,16,21,31H,9-10H2. The molecule has 0 spiro atoms. The molecular weight excluding hydrogens is 463 g/mol. The second-order valence-corrected chi connectivity index (χ2v) is 10.2. The van der Waals surface area contributed by atoms with Crippen LogP contribution in [0.15, 0.2) is 65.9 Å². The number of nitrogens with zero attached hydrogens (tertiary/aromatic N) is 2. The van der Waals surface area contributed by atoms with Gasteiger partial charge in [0.15, 0.2) is 16.7 Å². The van der Waals surface area contributed by atoms with Gasteiger partial charge in [0.1, 0.15) is 11.9 Å². The van der Waals surface area contributed by atoms with Gasteiger partial charge in [-0.2, -0.15) is 0 Å². The van der Waals surface area contributed by atoms with E-state index in [2.05, 4.69) is 11.1 Å². The van der Waals surface area contributed by atoms with Crippen LogP contribution in [0.5, 0.6) is 0 Å². The maximum Gasteiger partial charge on any atom is 0.296 e. The van der Waals surface area contributed by atoms with Crippen molar-refractivity contribution in [3.63, 3.8) is 0 Å². The lowest BCUT2D eigenvalue weighted by molar-refractivity contribution is -0.120. The first-order valence-electron chi connectivity index (χ1n) is 10.7. The van der Waals surface area contributed by atoms with Crippen molar-refractivity contribution in [2.45, 2.75) is 18.9 Å². The molecule has 0 saturated heterocycles. The van der Waals surface area contributed by atoms with Crippen molar-refractivity contribution in [1.29, 1.82) is 0 Å². The topological polar surface area (TPSA) is 70.5 Å². The number of Topliss-reactive ketones (excluding diaryl/α,β-unsaturated/α-hetero) is 1. The highest BCUT2D eigenvalue weighted by molar-refractivity contribution is 7.22. The molecule has 1 amide bonds. The summed E-state index contributed by atoms with van der Waals surface area (Å²) >= 11 is 7.31. The van der Waals surface area contributed by atoms with Crippen molar-refractivity contribution in [2.24, 2.45) is 17.8 Å². The zero-order chi connectivity index (χ0) is 22.9. The number of thiazole rings is 1. The molecule has 3 aliphatic rings.